The van der Waals surface area contributed by atoms with Crippen molar-refractivity contribution in [3.8, 4) is 25.7 Å². The SMILES string of the molecule is C#C.C#C.CCN(CC)C1CCC23C(CC[C@@H]4[C@]2(CC[C@]2(C)C5[C@H](C)CC([C@H](OC(C)=O)C(C)(C)O)O[C@@H]5C[C@@]42C)[C@@H]3C)C1(C)C. The fraction of sp³-hybridized carbons (Fsp3) is 0.878. The van der Waals surface area contributed by atoms with E-state index in [9.17, 15) is 9.90 Å². The Hall–Kier alpha value is -1.53. The van der Waals surface area contributed by atoms with E-state index in [0.29, 0.717) is 34.1 Å². The molecule has 6 rings (SSSR count). The monoisotopic (exact) mass is 638 g/mol. The van der Waals surface area contributed by atoms with Gasteiger partial charge in [0, 0.05) is 13.0 Å². The topological polar surface area (TPSA) is 59.0 Å². The number of rotatable bonds is 6. The molecule has 1 aliphatic heterocycles. The smallest absolute Gasteiger partial charge is 0.303 e. The summed E-state index contributed by atoms with van der Waals surface area (Å²) in [6.45, 7) is 27.7. The lowest BCUT2D eigenvalue weighted by molar-refractivity contribution is -0.209. The van der Waals surface area contributed by atoms with E-state index in [1.165, 1.54) is 45.4 Å². The summed E-state index contributed by atoms with van der Waals surface area (Å²) in [4.78, 5) is 14.8. The summed E-state index contributed by atoms with van der Waals surface area (Å²) in [6.07, 6.45) is 25.5. The van der Waals surface area contributed by atoms with E-state index in [0.717, 1.165) is 43.7 Å². The standard InChI is InChI=1S/C37H63NO4.2C2H2/c1-12-38(13-2)29-16-17-36-23(4)37(36)19-18-34(10)30-22(3)20-25(31(33(8,9)40)41-24(5)39)42-26(30)21-35(34,11)28(37)15-14-27(36)32(29,6)7;2*1-2/h22-23,25-31,40H,12-21H2,1-11H3;2*1-2H/t22-,23-,25?,26-,27?,28+,29?,30?,31+,34-,35+,36?,37+;;/m1../s1. The number of nitrogens with zero attached hydrogens (tertiary/aromatic N) is 1. The zero-order valence-electron chi connectivity index (χ0n) is 31.2. The molecule has 0 amide bonds. The maximum Gasteiger partial charge on any atom is 0.303 e. The van der Waals surface area contributed by atoms with Crippen LogP contribution in [0.25, 0.3) is 0 Å². The lowest BCUT2D eigenvalue weighted by Crippen LogP contribution is -2.60. The maximum atomic E-state index is 12.0. The predicted molar refractivity (Wildman–Crippen MR) is 188 cm³/mol. The van der Waals surface area contributed by atoms with E-state index in [-0.39, 0.29) is 29.0 Å². The van der Waals surface area contributed by atoms with Crippen molar-refractivity contribution < 1.29 is 19.4 Å². The largest absolute Gasteiger partial charge is 0.457 e. The molecule has 5 heteroatoms. The van der Waals surface area contributed by atoms with Crippen molar-refractivity contribution in [2.45, 2.75) is 157 Å². The Kier molecular flexibility index (Phi) is 10.1. The van der Waals surface area contributed by atoms with Gasteiger partial charge in [0.05, 0.1) is 17.8 Å². The third-order valence-electron chi connectivity index (χ3n) is 15.9. The molecule has 5 saturated carbocycles. The molecule has 2 spiro atoms. The average molecular weight is 638 g/mol. The van der Waals surface area contributed by atoms with Crippen LogP contribution in [0.4, 0.5) is 0 Å². The van der Waals surface area contributed by atoms with Crippen LogP contribution in [0.15, 0.2) is 0 Å². The Morgan fingerprint density at radius 3 is 2.04 bits per heavy atom. The maximum absolute atomic E-state index is 12.0. The highest BCUT2D eigenvalue weighted by molar-refractivity contribution is 5.66. The molecule has 1 heterocycles. The second kappa shape index (κ2) is 12.4. The summed E-state index contributed by atoms with van der Waals surface area (Å²) in [7, 11) is 0. The first-order valence-corrected chi connectivity index (χ1v) is 18.4. The Balaban J connectivity index is 0.00000116. The van der Waals surface area contributed by atoms with Crippen LogP contribution >= 0.6 is 0 Å². The van der Waals surface area contributed by atoms with E-state index < -0.39 is 11.7 Å². The fourth-order valence-corrected chi connectivity index (χ4v) is 14.4. The molecule has 0 aromatic carbocycles. The third-order valence-corrected chi connectivity index (χ3v) is 15.9. The zero-order valence-corrected chi connectivity index (χ0v) is 31.2. The van der Waals surface area contributed by atoms with Crippen molar-refractivity contribution in [3.63, 3.8) is 0 Å². The average Bonchev–Trinajstić information content (AvgIpc) is 3.41. The molecule has 13 atom stereocenters. The number of terminal acetylenes is 2. The zero-order chi connectivity index (χ0) is 34.8. The summed E-state index contributed by atoms with van der Waals surface area (Å²) in [5.41, 5.74) is 0.714. The van der Waals surface area contributed by atoms with Gasteiger partial charge in [-0.15, -0.1) is 25.7 Å². The minimum absolute atomic E-state index is 0.168. The quantitative estimate of drug-likeness (QED) is 0.236. The van der Waals surface area contributed by atoms with Crippen LogP contribution in [0.1, 0.15) is 128 Å². The van der Waals surface area contributed by atoms with E-state index in [1.807, 2.05) is 0 Å². The number of aliphatic hydroxyl groups is 1. The highest BCUT2D eigenvalue weighted by Gasteiger charge is 2.86. The predicted octanol–water partition coefficient (Wildman–Crippen LogP) is 7.99. The third kappa shape index (κ3) is 4.79. The molecule has 1 saturated heterocycles. The molecule has 5 aliphatic carbocycles. The van der Waals surface area contributed by atoms with Gasteiger partial charge in [0.25, 0.3) is 0 Å². The van der Waals surface area contributed by atoms with Crippen molar-refractivity contribution in [2.75, 3.05) is 13.1 Å². The molecular weight excluding hydrogens is 570 g/mol. The highest BCUT2D eigenvalue weighted by Crippen LogP contribution is 2.91. The summed E-state index contributed by atoms with van der Waals surface area (Å²) in [5, 5.41) is 11.0. The van der Waals surface area contributed by atoms with Crippen molar-refractivity contribution in [1.29, 1.82) is 0 Å². The molecule has 0 radical (unpaired) electrons. The van der Waals surface area contributed by atoms with Crippen LogP contribution in [0.5, 0.6) is 0 Å². The van der Waals surface area contributed by atoms with Gasteiger partial charge in [-0.25, -0.2) is 0 Å². The van der Waals surface area contributed by atoms with Gasteiger partial charge in [-0.1, -0.05) is 55.4 Å². The van der Waals surface area contributed by atoms with Crippen molar-refractivity contribution in [1.82, 2.24) is 4.90 Å². The van der Waals surface area contributed by atoms with E-state index in [2.05, 4.69) is 86.0 Å². The van der Waals surface area contributed by atoms with Crippen LogP contribution in [-0.4, -0.2) is 59.0 Å². The molecule has 0 aromatic heterocycles. The summed E-state index contributed by atoms with van der Waals surface area (Å²) in [6, 6.07) is 0.704. The molecule has 46 heavy (non-hydrogen) atoms. The van der Waals surface area contributed by atoms with E-state index in [1.54, 1.807) is 13.8 Å². The van der Waals surface area contributed by atoms with Gasteiger partial charge in [-0.05, 0) is 135 Å². The second-order valence-corrected chi connectivity index (χ2v) is 17.8. The van der Waals surface area contributed by atoms with Crippen LogP contribution in [-0.2, 0) is 14.3 Å². The molecule has 260 valence electrons. The van der Waals surface area contributed by atoms with Crippen molar-refractivity contribution >= 4 is 5.97 Å². The number of hydrogen-bond donors (Lipinski definition) is 1. The number of ether oxygens (including phenoxy) is 2. The number of hydrogen-bond acceptors (Lipinski definition) is 5. The van der Waals surface area contributed by atoms with Gasteiger partial charge in [-0.3, -0.25) is 4.79 Å². The molecule has 5 unspecified atom stereocenters. The van der Waals surface area contributed by atoms with E-state index >= 15 is 0 Å². The first kappa shape index (κ1) is 37.3. The molecular formula is C41H67NO4. The van der Waals surface area contributed by atoms with Crippen LogP contribution in [0, 0.1) is 82.4 Å². The first-order valence-electron chi connectivity index (χ1n) is 18.4. The summed E-state index contributed by atoms with van der Waals surface area (Å²) >= 11 is 0. The normalized spacial score (nSPS) is 47.1. The lowest BCUT2D eigenvalue weighted by atomic mass is 9.41. The van der Waals surface area contributed by atoms with Crippen LogP contribution in [0.3, 0.4) is 0 Å². The van der Waals surface area contributed by atoms with Gasteiger partial charge in [0.2, 0.25) is 0 Å². The number of fused-ring (bicyclic) bond motifs is 4. The molecule has 6 fully saturated rings. The summed E-state index contributed by atoms with van der Waals surface area (Å²) in [5.74, 6) is 3.05. The van der Waals surface area contributed by atoms with Gasteiger partial charge >= 0.3 is 5.97 Å². The second-order valence-electron chi connectivity index (χ2n) is 17.8. The number of esters is 1. The minimum atomic E-state index is -1.14. The van der Waals surface area contributed by atoms with Crippen molar-refractivity contribution in [3.05, 3.63) is 0 Å². The summed E-state index contributed by atoms with van der Waals surface area (Å²) < 4.78 is 12.8. The number of carbonyl (C=O) groups is 1. The van der Waals surface area contributed by atoms with Crippen molar-refractivity contribution in [2.24, 2.45) is 56.7 Å². The van der Waals surface area contributed by atoms with Gasteiger partial charge in [-0.2, -0.15) is 0 Å². The number of carbonyl (C=O) groups excluding carboxylic acids is 1. The van der Waals surface area contributed by atoms with Gasteiger partial charge < -0.3 is 19.5 Å². The van der Waals surface area contributed by atoms with Crippen LogP contribution < -0.4 is 0 Å². The Morgan fingerprint density at radius 2 is 1.50 bits per heavy atom. The van der Waals surface area contributed by atoms with Crippen LogP contribution in [0.2, 0.25) is 0 Å². The molecule has 0 bridgehead atoms. The van der Waals surface area contributed by atoms with Gasteiger partial charge in [0.1, 0.15) is 0 Å². The van der Waals surface area contributed by atoms with Gasteiger partial charge in [0.15, 0.2) is 6.10 Å². The minimum Gasteiger partial charge on any atom is -0.457 e. The Labute approximate surface area is 282 Å². The lowest BCUT2D eigenvalue weighted by Gasteiger charge is -2.64. The molecule has 6 aliphatic rings. The molecule has 5 nitrogen and oxygen atoms in total. The molecule has 1 N–H and O–H groups in total. The molecule has 0 aromatic rings. The Bertz CT molecular complexity index is 1160. The Morgan fingerprint density at radius 1 is 0.935 bits per heavy atom. The highest BCUT2D eigenvalue weighted by atomic mass is 16.6. The van der Waals surface area contributed by atoms with E-state index in [4.69, 9.17) is 9.47 Å². The fourth-order valence-electron chi connectivity index (χ4n) is 14.4. The first-order chi connectivity index (χ1) is 21.5.